The Balaban J connectivity index is 2.05. The number of hydrogen-bond donors (Lipinski definition) is 1. The highest BCUT2D eigenvalue weighted by Gasteiger charge is 2.02. The Labute approximate surface area is 130 Å². The molecule has 1 aromatic carbocycles. The molecule has 0 aliphatic rings. The Hall–Kier alpha value is -1.66. The molecule has 0 bridgehead atoms. The predicted molar refractivity (Wildman–Crippen MR) is 84.0 cm³/mol. The topological polar surface area (TPSA) is 43.3 Å². The number of halogens is 2. The molecule has 21 heavy (non-hydrogen) atoms. The zero-order valence-corrected chi connectivity index (χ0v) is 13.2. The quantitative estimate of drug-likeness (QED) is 0.866. The third-order valence-corrected chi connectivity index (χ3v) is 3.61. The van der Waals surface area contributed by atoms with E-state index < -0.39 is 0 Å². The fourth-order valence-electron chi connectivity index (χ4n) is 1.85. The van der Waals surface area contributed by atoms with E-state index in [1.807, 2.05) is 0 Å². The van der Waals surface area contributed by atoms with Crippen molar-refractivity contribution in [2.24, 2.45) is 0 Å². The maximum atomic E-state index is 13.2. The Kier molecular flexibility index (Phi) is 5.52. The zero-order chi connectivity index (χ0) is 15.2. The minimum absolute atomic E-state index is 0.0675. The molecule has 0 aliphatic carbocycles. The second-order valence-corrected chi connectivity index (χ2v) is 5.40. The van der Waals surface area contributed by atoms with Gasteiger partial charge >= 0.3 is 0 Å². The lowest BCUT2D eigenvalue weighted by atomic mass is 10.2. The van der Waals surface area contributed by atoms with Gasteiger partial charge in [-0.2, -0.15) is 0 Å². The summed E-state index contributed by atoms with van der Waals surface area (Å²) in [5.74, 6) is -0.285. The van der Waals surface area contributed by atoms with Crippen LogP contribution in [0.2, 0.25) is 0 Å². The monoisotopic (exact) mass is 354 g/mol. The number of aromatic nitrogens is 1. The van der Waals surface area contributed by atoms with E-state index in [2.05, 4.69) is 21.2 Å². The second-order valence-electron chi connectivity index (χ2n) is 4.54. The molecule has 0 unspecified atom stereocenters. The van der Waals surface area contributed by atoms with Crippen LogP contribution < -0.4 is 10.9 Å². The van der Waals surface area contributed by atoms with Crippen LogP contribution in [0.1, 0.15) is 5.56 Å². The van der Waals surface area contributed by atoms with Gasteiger partial charge in [0.25, 0.3) is 5.56 Å². The molecule has 0 saturated heterocycles. The van der Waals surface area contributed by atoms with Crippen LogP contribution in [0.4, 0.5) is 10.1 Å². The number of benzene rings is 1. The number of nitrogens with one attached hydrogen (secondary N) is 1. The zero-order valence-electron chi connectivity index (χ0n) is 11.6. The van der Waals surface area contributed by atoms with Crippen molar-refractivity contribution in [3.63, 3.8) is 0 Å². The van der Waals surface area contributed by atoms with E-state index in [1.165, 1.54) is 12.1 Å². The van der Waals surface area contributed by atoms with E-state index in [1.54, 1.807) is 36.1 Å². The van der Waals surface area contributed by atoms with Gasteiger partial charge in [-0.1, -0.05) is 6.07 Å². The number of ether oxygens (including phenoxy) is 1. The van der Waals surface area contributed by atoms with Crippen LogP contribution in [0, 0.1) is 5.82 Å². The maximum absolute atomic E-state index is 13.2. The van der Waals surface area contributed by atoms with Crippen LogP contribution in [0.3, 0.4) is 0 Å². The van der Waals surface area contributed by atoms with Crippen molar-refractivity contribution >= 4 is 21.6 Å². The first-order chi connectivity index (χ1) is 10.1. The summed E-state index contributed by atoms with van der Waals surface area (Å²) >= 11 is 3.16. The highest BCUT2D eigenvalue weighted by Crippen LogP contribution is 2.17. The Morgan fingerprint density at radius 3 is 2.86 bits per heavy atom. The van der Waals surface area contributed by atoms with Crippen LogP contribution in [0.25, 0.3) is 0 Å². The summed E-state index contributed by atoms with van der Waals surface area (Å²) < 4.78 is 20.2. The van der Waals surface area contributed by atoms with E-state index in [-0.39, 0.29) is 11.4 Å². The van der Waals surface area contributed by atoms with Crippen molar-refractivity contribution in [3.05, 3.63) is 62.7 Å². The third kappa shape index (κ3) is 4.41. The molecular formula is C15H16BrFN2O2. The van der Waals surface area contributed by atoms with Crippen molar-refractivity contribution < 1.29 is 9.13 Å². The molecule has 0 aliphatic heterocycles. The Morgan fingerprint density at radius 1 is 1.33 bits per heavy atom. The van der Waals surface area contributed by atoms with Crippen LogP contribution in [-0.2, 0) is 17.8 Å². The molecule has 1 heterocycles. The molecule has 0 amide bonds. The SMILES string of the molecule is COCCn1cc(NCc2ccc(F)c(Br)c2)ccc1=O. The first kappa shape index (κ1) is 15.7. The molecule has 2 aromatic rings. The van der Waals surface area contributed by atoms with Gasteiger partial charge in [0.1, 0.15) is 5.82 Å². The van der Waals surface area contributed by atoms with Crippen molar-refractivity contribution in [1.82, 2.24) is 4.57 Å². The fraction of sp³-hybridized carbons (Fsp3) is 0.267. The van der Waals surface area contributed by atoms with E-state index >= 15 is 0 Å². The van der Waals surface area contributed by atoms with Gasteiger partial charge < -0.3 is 14.6 Å². The van der Waals surface area contributed by atoms with Crippen LogP contribution in [0.15, 0.2) is 45.8 Å². The molecule has 112 valence electrons. The normalized spacial score (nSPS) is 10.6. The van der Waals surface area contributed by atoms with E-state index in [0.717, 1.165) is 11.3 Å². The van der Waals surface area contributed by atoms with Crippen LogP contribution in [0.5, 0.6) is 0 Å². The van der Waals surface area contributed by atoms with Crippen LogP contribution >= 0.6 is 15.9 Å². The number of hydrogen-bond acceptors (Lipinski definition) is 3. The first-order valence-corrected chi connectivity index (χ1v) is 7.26. The van der Waals surface area contributed by atoms with Gasteiger partial charge in [-0.15, -0.1) is 0 Å². The summed E-state index contributed by atoms with van der Waals surface area (Å²) in [4.78, 5) is 11.7. The predicted octanol–water partition coefficient (Wildman–Crippen LogP) is 3.01. The molecule has 2 rings (SSSR count). The molecule has 0 saturated carbocycles. The fourth-order valence-corrected chi connectivity index (χ4v) is 2.28. The maximum Gasteiger partial charge on any atom is 0.250 e. The van der Waals surface area contributed by atoms with Gasteiger partial charge in [0.2, 0.25) is 0 Å². The number of methoxy groups -OCH3 is 1. The minimum Gasteiger partial charge on any atom is -0.383 e. The molecule has 4 nitrogen and oxygen atoms in total. The summed E-state index contributed by atoms with van der Waals surface area (Å²) in [6.07, 6.45) is 1.75. The van der Waals surface area contributed by atoms with Gasteiger partial charge in [-0.3, -0.25) is 4.79 Å². The van der Waals surface area contributed by atoms with Gasteiger partial charge in [0.15, 0.2) is 0 Å². The standard InChI is InChI=1S/C15H16BrFN2O2/c1-21-7-6-19-10-12(3-5-15(19)20)18-9-11-2-4-14(17)13(16)8-11/h2-5,8,10,18H,6-7,9H2,1H3. The molecule has 1 aromatic heterocycles. The molecule has 0 radical (unpaired) electrons. The molecule has 0 spiro atoms. The molecular weight excluding hydrogens is 339 g/mol. The van der Waals surface area contributed by atoms with Gasteiger partial charge in [0, 0.05) is 32.5 Å². The number of anilines is 1. The lowest BCUT2D eigenvalue weighted by Crippen LogP contribution is -2.21. The van der Waals surface area contributed by atoms with Gasteiger partial charge in [-0.05, 0) is 39.7 Å². The minimum atomic E-state index is -0.285. The summed E-state index contributed by atoms with van der Waals surface area (Å²) in [6, 6.07) is 8.10. The lowest BCUT2D eigenvalue weighted by Gasteiger charge is -2.10. The number of nitrogens with zero attached hydrogens (tertiary/aromatic N) is 1. The highest BCUT2D eigenvalue weighted by atomic mass is 79.9. The van der Waals surface area contributed by atoms with E-state index in [4.69, 9.17) is 4.74 Å². The summed E-state index contributed by atoms with van der Waals surface area (Å²) in [6.45, 7) is 1.53. The van der Waals surface area contributed by atoms with Gasteiger partial charge in [-0.25, -0.2) is 4.39 Å². The average Bonchev–Trinajstić information content (AvgIpc) is 2.48. The summed E-state index contributed by atoms with van der Waals surface area (Å²) in [5.41, 5.74) is 1.70. The van der Waals surface area contributed by atoms with Crippen molar-refractivity contribution in [2.45, 2.75) is 13.1 Å². The molecule has 0 fully saturated rings. The highest BCUT2D eigenvalue weighted by molar-refractivity contribution is 9.10. The third-order valence-electron chi connectivity index (χ3n) is 3.00. The number of rotatable bonds is 6. The molecule has 0 atom stereocenters. The van der Waals surface area contributed by atoms with Crippen molar-refractivity contribution in [1.29, 1.82) is 0 Å². The largest absolute Gasteiger partial charge is 0.383 e. The first-order valence-electron chi connectivity index (χ1n) is 6.47. The Bertz CT molecular complexity index is 673. The average molecular weight is 355 g/mol. The molecule has 1 N–H and O–H groups in total. The van der Waals surface area contributed by atoms with Crippen molar-refractivity contribution in [3.8, 4) is 0 Å². The summed E-state index contributed by atoms with van der Waals surface area (Å²) in [7, 11) is 1.60. The van der Waals surface area contributed by atoms with Crippen molar-refractivity contribution in [2.75, 3.05) is 19.0 Å². The summed E-state index contributed by atoms with van der Waals surface area (Å²) in [5, 5.41) is 3.21. The number of pyridine rings is 1. The smallest absolute Gasteiger partial charge is 0.250 e. The Morgan fingerprint density at radius 2 is 2.14 bits per heavy atom. The van der Waals surface area contributed by atoms with Crippen LogP contribution in [-0.4, -0.2) is 18.3 Å². The van der Waals surface area contributed by atoms with E-state index in [0.29, 0.717) is 24.2 Å². The molecule has 6 heteroatoms. The van der Waals surface area contributed by atoms with E-state index in [9.17, 15) is 9.18 Å². The van der Waals surface area contributed by atoms with Gasteiger partial charge in [0.05, 0.1) is 16.8 Å². The second kappa shape index (κ2) is 7.38. The lowest BCUT2D eigenvalue weighted by molar-refractivity contribution is 0.186.